The van der Waals surface area contributed by atoms with E-state index in [-0.39, 0.29) is 10.6 Å². The average Bonchev–Trinajstić information content (AvgIpc) is 2.43. The topological polar surface area (TPSA) is 52.9 Å². The van der Waals surface area contributed by atoms with E-state index in [9.17, 15) is 9.18 Å². The second-order valence-electron chi connectivity index (χ2n) is 4.22. The van der Waals surface area contributed by atoms with Gasteiger partial charge in [0.05, 0.1) is 22.3 Å². The molecule has 2 rings (SSSR count). The monoisotopic (exact) mass is 288 g/mol. The van der Waals surface area contributed by atoms with Crippen molar-refractivity contribution in [2.75, 3.05) is 5.32 Å². The minimum Gasteiger partial charge on any atom is -0.321 e. The zero-order valence-corrected chi connectivity index (χ0v) is 11.3. The van der Waals surface area contributed by atoms with E-state index in [1.165, 1.54) is 36.4 Å². The van der Waals surface area contributed by atoms with E-state index in [0.29, 0.717) is 16.8 Å². The maximum Gasteiger partial charge on any atom is 0.255 e. The molecule has 5 heteroatoms. The third-order valence-electron chi connectivity index (χ3n) is 2.78. The molecule has 0 aliphatic rings. The lowest BCUT2D eigenvalue weighted by atomic mass is 10.1. The molecule has 1 amide bonds. The van der Waals surface area contributed by atoms with E-state index in [2.05, 4.69) is 5.32 Å². The van der Waals surface area contributed by atoms with Crippen molar-refractivity contribution in [3.63, 3.8) is 0 Å². The quantitative estimate of drug-likeness (QED) is 0.911. The maximum absolute atomic E-state index is 13.4. The van der Waals surface area contributed by atoms with Crippen LogP contribution in [0.15, 0.2) is 36.4 Å². The lowest BCUT2D eigenvalue weighted by molar-refractivity contribution is 0.102. The summed E-state index contributed by atoms with van der Waals surface area (Å²) in [5.74, 6) is -0.904. The molecule has 2 aromatic rings. The molecule has 0 saturated carbocycles. The van der Waals surface area contributed by atoms with Gasteiger partial charge in [0.15, 0.2) is 0 Å². The first-order valence-electron chi connectivity index (χ1n) is 5.78. The van der Waals surface area contributed by atoms with E-state index < -0.39 is 11.7 Å². The Hall–Kier alpha value is -2.38. The number of hydrogen-bond donors (Lipinski definition) is 1. The van der Waals surface area contributed by atoms with Gasteiger partial charge >= 0.3 is 0 Å². The Kier molecular flexibility index (Phi) is 4.02. The van der Waals surface area contributed by atoms with Gasteiger partial charge < -0.3 is 5.32 Å². The second-order valence-corrected chi connectivity index (χ2v) is 4.63. The van der Waals surface area contributed by atoms with E-state index in [1.807, 2.05) is 6.07 Å². The van der Waals surface area contributed by atoms with E-state index >= 15 is 0 Å². The molecular weight excluding hydrogens is 279 g/mol. The maximum atomic E-state index is 13.4. The van der Waals surface area contributed by atoms with Crippen LogP contribution in [0.5, 0.6) is 0 Å². The lowest BCUT2D eigenvalue weighted by Gasteiger charge is -2.08. The molecule has 0 saturated heterocycles. The first-order chi connectivity index (χ1) is 9.51. The molecule has 3 nitrogen and oxygen atoms in total. The summed E-state index contributed by atoms with van der Waals surface area (Å²) in [5, 5.41) is 11.6. The fraction of sp³-hybridized carbons (Fsp3) is 0.0667. The number of hydrogen-bond acceptors (Lipinski definition) is 2. The largest absolute Gasteiger partial charge is 0.321 e. The minimum atomic E-state index is -0.462. The molecule has 20 heavy (non-hydrogen) atoms. The van der Waals surface area contributed by atoms with Crippen molar-refractivity contribution in [1.82, 2.24) is 0 Å². The van der Waals surface area contributed by atoms with Gasteiger partial charge in [-0.05, 0) is 42.8 Å². The summed E-state index contributed by atoms with van der Waals surface area (Å²) in [5.41, 5.74) is 1.44. The van der Waals surface area contributed by atoms with Crippen molar-refractivity contribution in [2.45, 2.75) is 6.92 Å². The summed E-state index contributed by atoms with van der Waals surface area (Å²) in [6, 6.07) is 10.7. The van der Waals surface area contributed by atoms with Crippen LogP contribution >= 0.6 is 11.6 Å². The molecule has 0 atom stereocenters. The average molecular weight is 289 g/mol. The standard InChI is InChI=1S/C15H10ClFN2O/c1-9-2-4-11(7-13(9)17)15(20)19-14-5-3-10(8-18)6-12(14)16/h2-7H,1H3,(H,19,20). The highest BCUT2D eigenvalue weighted by molar-refractivity contribution is 6.34. The van der Waals surface area contributed by atoms with Crippen LogP contribution in [-0.2, 0) is 0 Å². The fourth-order valence-electron chi connectivity index (χ4n) is 1.61. The number of benzene rings is 2. The molecule has 0 aromatic heterocycles. The van der Waals surface area contributed by atoms with Crippen LogP contribution in [0.1, 0.15) is 21.5 Å². The Labute approximate surface area is 120 Å². The number of nitriles is 1. The van der Waals surface area contributed by atoms with Crippen molar-refractivity contribution in [1.29, 1.82) is 5.26 Å². The van der Waals surface area contributed by atoms with Gasteiger partial charge in [0.1, 0.15) is 5.82 Å². The molecule has 0 bridgehead atoms. The van der Waals surface area contributed by atoms with Crippen molar-refractivity contribution in [3.8, 4) is 6.07 Å². The van der Waals surface area contributed by atoms with E-state index in [0.717, 1.165) is 0 Å². The van der Waals surface area contributed by atoms with Gasteiger partial charge in [-0.1, -0.05) is 17.7 Å². The van der Waals surface area contributed by atoms with Crippen molar-refractivity contribution in [3.05, 3.63) is 63.9 Å². The number of carbonyl (C=O) groups is 1. The molecule has 100 valence electrons. The van der Waals surface area contributed by atoms with Crippen LogP contribution < -0.4 is 5.32 Å². The smallest absolute Gasteiger partial charge is 0.255 e. The Morgan fingerprint density at radius 3 is 2.65 bits per heavy atom. The Morgan fingerprint density at radius 2 is 2.05 bits per heavy atom. The lowest BCUT2D eigenvalue weighted by Crippen LogP contribution is -2.12. The molecule has 0 unspecified atom stereocenters. The van der Waals surface area contributed by atoms with Gasteiger partial charge in [-0.25, -0.2) is 4.39 Å². The van der Waals surface area contributed by atoms with Gasteiger partial charge in [-0.3, -0.25) is 4.79 Å². The van der Waals surface area contributed by atoms with Gasteiger partial charge in [-0.2, -0.15) is 5.26 Å². The predicted molar refractivity (Wildman–Crippen MR) is 75.3 cm³/mol. The van der Waals surface area contributed by atoms with Crippen molar-refractivity contribution < 1.29 is 9.18 Å². The van der Waals surface area contributed by atoms with Gasteiger partial charge in [0.25, 0.3) is 5.91 Å². The Morgan fingerprint density at radius 1 is 1.30 bits per heavy atom. The zero-order chi connectivity index (χ0) is 14.7. The highest BCUT2D eigenvalue weighted by atomic mass is 35.5. The van der Waals surface area contributed by atoms with Crippen LogP contribution in [0.3, 0.4) is 0 Å². The van der Waals surface area contributed by atoms with E-state index in [1.54, 1.807) is 6.92 Å². The number of anilines is 1. The first kappa shape index (κ1) is 14.0. The zero-order valence-electron chi connectivity index (χ0n) is 10.6. The van der Waals surface area contributed by atoms with Crippen LogP contribution in [0.2, 0.25) is 5.02 Å². The molecule has 0 radical (unpaired) electrons. The van der Waals surface area contributed by atoms with Crippen LogP contribution in [-0.4, -0.2) is 5.91 Å². The normalized spacial score (nSPS) is 9.90. The SMILES string of the molecule is Cc1ccc(C(=O)Nc2ccc(C#N)cc2Cl)cc1F. The van der Waals surface area contributed by atoms with Crippen LogP contribution in [0.4, 0.5) is 10.1 Å². The van der Waals surface area contributed by atoms with Gasteiger partial charge in [-0.15, -0.1) is 0 Å². The summed E-state index contributed by atoms with van der Waals surface area (Å²) in [7, 11) is 0. The van der Waals surface area contributed by atoms with Gasteiger partial charge in [0, 0.05) is 5.56 Å². The van der Waals surface area contributed by atoms with Gasteiger partial charge in [0.2, 0.25) is 0 Å². The summed E-state index contributed by atoms with van der Waals surface area (Å²) < 4.78 is 13.4. The summed E-state index contributed by atoms with van der Waals surface area (Å²) >= 11 is 5.96. The molecule has 2 aromatic carbocycles. The van der Waals surface area contributed by atoms with Crippen molar-refractivity contribution >= 4 is 23.2 Å². The molecule has 0 heterocycles. The molecule has 0 spiro atoms. The van der Waals surface area contributed by atoms with Crippen LogP contribution in [0.25, 0.3) is 0 Å². The summed E-state index contributed by atoms with van der Waals surface area (Å²) in [4.78, 5) is 12.0. The fourth-order valence-corrected chi connectivity index (χ4v) is 1.84. The number of nitrogens with zero attached hydrogens (tertiary/aromatic N) is 1. The van der Waals surface area contributed by atoms with Crippen LogP contribution in [0, 0.1) is 24.1 Å². The molecule has 0 aliphatic heterocycles. The molecule has 0 aliphatic carbocycles. The number of halogens is 2. The highest BCUT2D eigenvalue weighted by Gasteiger charge is 2.10. The second kappa shape index (κ2) is 5.72. The first-order valence-corrected chi connectivity index (χ1v) is 6.16. The number of aryl methyl sites for hydroxylation is 1. The molecule has 1 N–H and O–H groups in total. The molecule has 0 fully saturated rings. The predicted octanol–water partition coefficient (Wildman–Crippen LogP) is 3.91. The minimum absolute atomic E-state index is 0.202. The molecular formula is C15H10ClFN2O. The van der Waals surface area contributed by atoms with E-state index in [4.69, 9.17) is 16.9 Å². The summed E-state index contributed by atoms with van der Waals surface area (Å²) in [6.07, 6.45) is 0. The summed E-state index contributed by atoms with van der Waals surface area (Å²) in [6.45, 7) is 1.62. The Bertz CT molecular complexity index is 722. The third kappa shape index (κ3) is 2.95. The van der Waals surface area contributed by atoms with Crippen molar-refractivity contribution in [2.24, 2.45) is 0 Å². The Balaban J connectivity index is 2.23. The highest BCUT2D eigenvalue weighted by Crippen LogP contribution is 2.23. The third-order valence-corrected chi connectivity index (χ3v) is 3.09. The number of amides is 1. The number of rotatable bonds is 2. The number of nitrogens with one attached hydrogen (secondary N) is 1. The number of carbonyl (C=O) groups excluding carboxylic acids is 1.